The zero-order valence-electron chi connectivity index (χ0n) is 9.97. The van der Waals surface area contributed by atoms with E-state index in [2.05, 4.69) is 23.5 Å². The van der Waals surface area contributed by atoms with Gasteiger partial charge in [-0.1, -0.05) is 24.3 Å². The van der Waals surface area contributed by atoms with Crippen LogP contribution >= 0.6 is 0 Å². The summed E-state index contributed by atoms with van der Waals surface area (Å²) < 4.78 is 0. The molecule has 0 spiro atoms. The largest absolute Gasteiger partial charge is 0.392 e. The number of nitrogens with one attached hydrogen (secondary N) is 1. The van der Waals surface area contributed by atoms with Crippen molar-refractivity contribution in [1.29, 1.82) is 0 Å². The molecule has 1 saturated carbocycles. The average Bonchev–Trinajstić information content (AvgIpc) is 3.14. The van der Waals surface area contributed by atoms with Crippen LogP contribution < -0.4 is 11.1 Å². The number of hydrogen-bond acceptors (Lipinski definition) is 3. The van der Waals surface area contributed by atoms with Crippen molar-refractivity contribution in [3.8, 4) is 0 Å². The van der Waals surface area contributed by atoms with Gasteiger partial charge in [-0.25, -0.2) is 0 Å². The van der Waals surface area contributed by atoms with E-state index in [9.17, 15) is 5.11 Å². The second kappa shape index (κ2) is 4.41. The molecule has 0 aromatic heterocycles. The second-order valence-corrected chi connectivity index (χ2v) is 5.34. The lowest BCUT2D eigenvalue weighted by Gasteiger charge is -2.17. The maximum absolute atomic E-state index is 9.87. The van der Waals surface area contributed by atoms with Crippen LogP contribution in [0.5, 0.6) is 0 Å². The molecule has 3 atom stereocenters. The first-order chi connectivity index (χ1) is 8.25. The van der Waals surface area contributed by atoms with E-state index in [0.717, 1.165) is 6.42 Å². The van der Waals surface area contributed by atoms with Crippen LogP contribution in [0.3, 0.4) is 0 Å². The van der Waals surface area contributed by atoms with Gasteiger partial charge in [0.15, 0.2) is 0 Å². The Bertz CT molecular complexity index is 403. The topological polar surface area (TPSA) is 58.3 Å². The van der Waals surface area contributed by atoms with Gasteiger partial charge in [-0.2, -0.15) is 0 Å². The molecule has 0 saturated heterocycles. The molecular weight excluding hydrogens is 212 g/mol. The minimum absolute atomic E-state index is 0.141. The molecule has 2 aliphatic rings. The quantitative estimate of drug-likeness (QED) is 0.737. The number of aliphatic hydroxyl groups is 1. The summed E-state index contributed by atoms with van der Waals surface area (Å²) in [7, 11) is 0. The van der Waals surface area contributed by atoms with Gasteiger partial charge in [0.2, 0.25) is 0 Å². The van der Waals surface area contributed by atoms with E-state index in [4.69, 9.17) is 5.73 Å². The van der Waals surface area contributed by atoms with Gasteiger partial charge < -0.3 is 16.2 Å². The molecule has 1 aromatic rings. The highest BCUT2D eigenvalue weighted by molar-refractivity contribution is 5.37. The predicted octanol–water partition coefficient (Wildman–Crippen LogP) is 1.49. The van der Waals surface area contributed by atoms with Crippen molar-refractivity contribution in [3.63, 3.8) is 0 Å². The van der Waals surface area contributed by atoms with Gasteiger partial charge >= 0.3 is 0 Å². The SMILES string of the molecule is NC1CC(NCC(O)C2CC2)c2ccccc21. The molecule has 17 heavy (non-hydrogen) atoms. The van der Waals surface area contributed by atoms with E-state index in [1.807, 2.05) is 6.07 Å². The van der Waals surface area contributed by atoms with Crippen LogP contribution in [0.15, 0.2) is 24.3 Å². The summed E-state index contributed by atoms with van der Waals surface area (Å²) in [6, 6.07) is 8.81. The summed E-state index contributed by atoms with van der Waals surface area (Å²) in [5, 5.41) is 13.3. The molecule has 3 nitrogen and oxygen atoms in total. The average molecular weight is 232 g/mol. The Kier molecular flexibility index (Phi) is 2.90. The summed E-state index contributed by atoms with van der Waals surface area (Å²) >= 11 is 0. The van der Waals surface area contributed by atoms with Gasteiger partial charge in [0.1, 0.15) is 0 Å². The van der Waals surface area contributed by atoms with Crippen molar-refractivity contribution < 1.29 is 5.11 Å². The molecule has 92 valence electrons. The lowest BCUT2D eigenvalue weighted by molar-refractivity contribution is 0.144. The minimum atomic E-state index is -0.181. The van der Waals surface area contributed by atoms with E-state index in [1.165, 1.54) is 24.0 Å². The zero-order valence-corrected chi connectivity index (χ0v) is 9.97. The molecular formula is C14H20N2O. The van der Waals surface area contributed by atoms with Crippen LogP contribution in [0.25, 0.3) is 0 Å². The maximum Gasteiger partial charge on any atom is 0.0692 e. The Morgan fingerprint density at radius 1 is 1.29 bits per heavy atom. The van der Waals surface area contributed by atoms with Crippen molar-refractivity contribution >= 4 is 0 Å². The van der Waals surface area contributed by atoms with Crippen LogP contribution in [0, 0.1) is 5.92 Å². The number of benzene rings is 1. The molecule has 4 N–H and O–H groups in total. The summed E-state index contributed by atoms with van der Waals surface area (Å²) in [4.78, 5) is 0. The highest BCUT2D eigenvalue weighted by Crippen LogP contribution is 2.37. The third-order valence-corrected chi connectivity index (χ3v) is 4.00. The normalized spacial score (nSPS) is 29.1. The van der Waals surface area contributed by atoms with Gasteiger partial charge in [-0.05, 0) is 36.3 Å². The fourth-order valence-corrected chi connectivity index (χ4v) is 2.78. The number of nitrogens with two attached hydrogens (primary N) is 1. The van der Waals surface area contributed by atoms with Crippen LogP contribution in [-0.2, 0) is 0 Å². The third kappa shape index (κ3) is 2.23. The summed E-state index contributed by atoms with van der Waals surface area (Å²) in [5.41, 5.74) is 8.68. The zero-order chi connectivity index (χ0) is 11.8. The number of rotatable bonds is 4. The summed E-state index contributed by atoms with van der Waals surface area (Å²) in [6.07, 6.45) is 3.13. The summed E-state index contributed by atoms with van der Waals surface area (Å²) in [5.74, 6) is 0.535. The van der Waals surface area contributed by atoms with Gasteiger partial charge in [-0.15, -0.1) is 0 Å². The number of fused-ring (bicyclic) bond motifs is 1. The molecule has 0 heterocycles. The van der Waals surface area contributed by atoms with Gasteiger partial charge in [0, 0.05) is 18.6 Å². The molecule has 0 aliphatic heterocycles. The molecule has 1 aromatic carbocycles. The first-order valence-electron chi connectivity index (χ1n) is 6.51. The van der Waals surface area contributed by atoms with E-state index in [1.54, 1.807) is 0 Å². The molecule has 2 aliphatic carbocycles. The van der Waals surface area contributed by atoms with Crippen molar-refractivity contribution in [2.24, 2.45) is 11.7 Å². The first-order valence-corrected chi connectivity index (χ1v) is 6.51. The van der Waals surface area contributed by atoms with Crippen molar-refractivity contribution in [1.82, 2.24) is 5.32 Å². The van der Waals surface area contributed by atoms with Crippen molar-refractivity contribution in [2.75, 3.05) is 6.54 Å². The van der Waals surface area contributed by atoms with E-state index in [0.29, 0.717) is 18.5 Å². The number of aliphatic hydroxyl groups excluding tert-OH is 1. The number of hydrogen-bond donors (Lipinski definition) is 3. The maximum atomic E-state index is 9.87. The second-order valence-electron chi connectivity index (χ2n) is 5.34. The van der Waals surface area contributed by atoms with Crippen LogP contribution in [0.1, 0.15) is 42.5 Å². The molecule has 1 fully saturated rings. The Balaban J connectivity index is 1.65. The van der Waals surface area contributed by atoms with Gasteiger partial charge in [0.25, 0.3) is 0 Å². The van der Waals surface area contributed by atoms with Crippen molar-refractivity contribution in [2.45, 2.75) is 37.5 Å². The highest BCUT2D eigenvalue weighted by atomic mass is 16.3. The molecule has 3 unspecified atom stereocenters. The lowest BCUT2D eigenvalue weighted by atomic mass is 10.1. The third-order valence-electron chi connectivity index (χ3n) is 4.00. The molecule has 0 bridgehead atoms. The molecule has 0 radical (unpaired) electrons. The molecule has 3 heteroatoms. The van der Waals surface area contributed by atoms with Crippen LogP contribution in [0.2, 0.25) is 0 Å². The van der Waals surface area contributed by atoms with Crippen LogP contribution in [0.4, 0.5) is 0 Å². The standard InChI is InChI=1S/C14H20N2O/c15-12-7-13(11-4-2-1-3-10(11)12)16-8-14(17)9-5-6-9/h1-4,9,12-14,16-17H,5-8,15H2. The lowest BCUT2D eigenvalue weighted by Crippen LogP contribution is -2.30. The Morgan fingerprint density at radius 3 is 2.71 bits per heavy atom. The summed E-state index contributed by atoms with van der Waals surface area (Å²) in [6.45, 7) is 0.691. The van der Waals surface area contributed by atoms with Gasteiger partial charge in [-0.3, -0.25) is 0 Å². The van der Waals surface area contributed by atoms with E-state index < -0.39 is 0 Å². The fraction of sp³-hybridized carbons (Fsp3) is 0.571. The van der Waals surface area contributed by atoms with Gasteiger partial charge in [0.05, 0.1) is 6.10 Å². The highest BCUT2D eigenvalue weighted by Gasteiger charge is 2.32. The Hall–Kier alpha value is -0.900. The minimum Gasteiger partial charge on any atom is -0.392 e. The van der Waals surface area contributed by atoms with E-state index in [-0.39, 0.29) is 12.1 Å². The van der Waals surface area contributed by atoms with Crippen LogP contribution in [-0.4, -0.2) is 17.8 Å². The fourth-order valence-electron chi connectivity index (χ4n) is 2.78. The monoisotopic (exact) mass is 232 g/mol. The Labute approximate surface area is 102 Å². The smallest absolute Gasteiger partial charge is 0.0692 e. The van der Waals surface area contributed by atoms with Crippen molar-refractivity contribution in [3.05, 3.63) is 35.4 Å². The first kappa shape index (κ1) is 11.2. The Morgan fingerprint density at radius 2 is 2.00 bits per heavy atom. The predicted molar refractivity (Wildman–Crippen MR) is 67.5 cm³/mol. The molecule has 0 amide bonds. The molecule has 3 rings (SSSR count). The van der Waals surface area contributed by atoms with E-state index >= 15 is 0 Å².